The van der Waals surface area contributed by atoms with Crippen molar-refractivity contribution in [1.82, 2.24) is 10.2 Å². The third-order valence-electron chi connectivity index (χ3n) is 3.89. The van der Waals surface area contributed by atoms with Gasteiger partial charge in [-0.05, 0) is 26.3 Å². The molecule has 0 saturated carbocycles. The molecule has 0 aromatic rings. The summed E-state index contributed by atoms with van der Waals surface area (Å²) in [6.07, 6.45) is 0. The molecule has 0 bridgehead atoms. The van der Waals surface area contributed by atoms with Gasteiger partial charge in [-0.2, -0.15) is 0 Å². The van der Waals surface area contributed by atoms with Crippen LogP contribution in [0.25, 0.3) is 0 Å². The highest BCUT2D eigenvalue weighted by Crippen LogP contribution is 2.22. The zero-order valence-corrected chi connectivity index (χ0v) is 9.49. The lowest BCUT2D eigenvalue weighted by atomic mass is 10.0. The standard InChI is InChI=1S/C11H22N2O/c1-8-6-12-9(2)11-7-14-5-4-13(11)10(8)3/h8-12H,4-7H2,1-3H3/t8-,9+,10-,11-/m1/s1. The van der Waals surface area contributed by atoms with Crippen molar-refractivity contribution in [3.05, 3.63) is 0 Å². The fourth-order valence-corrected chi connectivity index (χ4v) is 2.58. The Morgan fingerprint density at radius 2 is 2.07 bits per heavy atom. The van der Waals surface area contributed by atoms with Crippen LogP contribution in [0.1, 0.15) is 20.8 Å². The van der Waals surface area contributed by atoms with E-state index < -0.39 is 0 Å². The molecule has 82 valence electrons. The van der Waals surface area contributed by atoms with Crippen LogP contribution in [0.15, 0.2) is 0 Å². The molecule has 2 aliphatic heterocycles. The Hall–Kier alpha value is -0.120. The van der Waals surface area contributed by atoms with Crippen molar-refractivity contribution >= 4 is 0 Å². The summed E-state index contributed by atoms with van der Waals surface area (Å²) in [5, 5.41) is 3.60. The quantitative estimate of drug-likeness (QED) is 0.620. The van der Waals surface area contributed by atoms with E-state index in [2.05, 4.69) is 31.0 Å². The summed E-state index contributed by atoms with van der Waals surface area (Å²) in [5.74, 6) is 0.737. The number of morpholine rings is 1. The third-order valence-corrected chi connectivity index (χ3v) is 3.89. The predicted molar refractivity (Wildman–Crippen MR) is 57.4 cm³/mol. The van der Waals surface area contributed by atoms with Crippen LogP contribution in [-0.2, 0) is 4.74 Å². The maximum absolute atomic E-state index is 5.57. The Kier molecular flexibility index (Phi) is 3.10. The number of hydrogen-bond donors (Lipinski definition) is 1. The Labute approximate surface area is 86.8 Å². The van der Waals surface area contributed by atoms with Crippen molar-refractivity contribution in [2.24, 2.45) is 5.92 Å². The fourth-order valence-electron chi connectivity index (χ4n) is 2.58. The van der Waals surface area contributed by atoms with Gasteiger partial charge in [-0.3, -0.25) is 4.90 Å². The molecule has 2 heterocycles. The smallest absolute Gasteiger partial charge is 0.0637 e. The molecule has 2 fully saturated rings. The highest BCUT2D eigenvalue weighted by molar-refractivity contribution is 4.92. The molecule has 0 aliphatic carbocycles. The molecule has 0 aromatic heterocycles. The number of fused-ring (bicyclic) bond motifs is 1. The molecule has 2 saturated heterocycles. The normalized spacial score (nSPS) is 45.6. The highest BCUT2D eigenvalue weighted by atomic mass is 16.5. The van der Waals surface area contributed by atoms with Crippen LogP contribution in [-0.4, -0.2) is 49.3 Å². The number of nitrogens with one attached hydrogen (secondary N) is 1. The predicted octanol–water partition coefficient (Wildman–Crippen LogP) is 0.703. The van der Waals surface area contributed by atoms with E-state index in [1.165, 1.54) is 0 Å². The molecule has 0 radical (unpaired) electrons. The van der Waals surface area contributed by atoms with Crippen LogP contribution >= 0.6 is 0 Å². The largest absolute Gasteiger partial charge is 0.378 e. The first-order valence-corrected chi connectivity index (χ1v) is 5.77. The average Bonchev–Trinajstić information content (AvgIpc) is 2.33. The number of rotatable bonds is 0. The van der Waals surface area contributed by atoms with Crippen LogP contribution < -0.4 is 5.32 Å². The lowest BCUT2D eigenvalue weighted by Gasteiger charge is -2.41. The second-order valence-electron chi connectivity index (χ2n) is 4.79. The van der Waals surface area contributed by atoms with Crippen LogP contribution in [0.2, 0.25) is 0 Å². The molecule has 2 rings (SSSR count). The van der Waals surface area contributed by atoms with Gasteiger partial charge < -0.3 is 10.1 Å². The van der Waals surface area contributed by atoms with E-state index in [1.807, 2.05) is 0 Å². The minimum Gasteiger partial charge on any atom is -0.378 e. The van der Waals surface area contributed by atoms with Crippen molar-refractivity contribution in [3.63, 3.8) is 0 Å². The van der Waals surface area contributed by atoms with Gasteiger partial charge in [0, 0.05) is 24.7 Å². The summed E-state index contributed by atoms with van der Waals surface area (Å²) < 4.78 is 5.57. The van der Waals surface area contributed by atoms with Gasteiger partial charge in [-0.15, -0.1) is 0 Å². The summed E-state index contributed by atoms with van der Waals surface area (Å²) in [6.45, 7) is 11.0. The zero-order valence-electron chi connectivity index (χ0n) is 9.49. The van der Waals surface area contributed by atoms with Crippen LogP contribution in [0.4, 0.5) is 0 Å². The molecule has 0 unspecified atom stereocenters. The Balaban J connectivity index is 2.13. The van der Waals surface area contributed by atoms with E-state index in [1.54, 1.807) is 0 Å². The van der Waals surface area contributed by atoms with Crippen molar-refractivity contribution in [3.8, 4) is 0 Å². The molecule has 2 aliphatic rings. The average molecular weight is 198 g/mol. The second-order valence-corrected chi connectivity index (χ2v) is 4.79. The molecule has 4 atom stereocenters. The van der Waals surface area contributed by atoms with Crippen LogP contribution in [0.5, 0.6) is 0 Å². The highest BCUT2D eigenvalue weighted by Gasteiger charge is 2.35. The lowest BCUT2D eigenvalue weighted by molar-refractivity contribution is -0.0351. The van der Waals surface area contributed by atoms with Gasteiger partial charge in [0.15, 0.2) is 0 Å². The van der Waals surface area contributed by atoms with E-state index in [-0.39, 0.29) is 0 Å². The molecule has 3 nitrogen and oxygen atoms in total. The summed E-state index contributed by atoms with van der Waals surface area (Å²) in [7, 11) is 0. The number of hydrogen-bond acceptors (Lipinski definition) is 3. The first-order chi connectivity index (χ1) is 6.70. The van der Waals surface area contributed by atoms with Crippen molar-refractivity contribution < 1.29 is 4.74 Å². The van der Waals surface area contributed by atoms with Crippen LogP contribution in [0, 0.1) is 5.92 Å². The minimum atomic E-state index is 0.558. The third kappa shape index (κ3) is 1.81. The van der Waals surface area contributed by atoms with E-state index in [4.69, 9.17) is 4.74 Å². The van der Waals surface area contributed by atoms with E-state index in [0.717, 1.165) is 32.2 Å². The summed E-state index contributed by atoms with van der Waals surface area (Å²) in [4.78, 5) is 2.62. The first-order valence-electron chi connectivity index (χ1n) is 5.77. The Morgan fingerprint density at radius 1 is 1.29 bits per heavy atom. The lowest BCUT2D eigenvalue weighted by Crippen LogP contribution is -2.55. The minimum absolute atomic E-state index is 0.558. The van der Waals surface area contributed by atoms with Gasteiger partial charge in [0.2, 0.25) is 0 Å². The van der Waals surface area contributed by atoms with Gasteiger partial charge in [0.1, 0.15) is 0 Å². The van der Waals surface area contributed by atoms with Gasteiger partial charge >= 0.3 is 0 Å². The van der Waals surface area contributed by atoms with Crippen molar-refractivity contribution in [1.29, 1.82) is 0 Å². The second kappa shape index (κ2) is 4.17. The summed E-state index contributed by atoms with van der Waals surface area (Å²) in [6, 6.07) is 1.81. The van der Waals surface area contributed by atoms with Gasteiger partial charge in [0.25, 0.3) is 0 Å². The molecule has 0 aromatic carbocycles. The SMILES string of the molecule is C[C@@H]1CN[C@@H](C)[C@H]2COCCN2[C@@H]1C. The molecular formula is C11H22N2O. The summed E-state index contributed by atoms with van der Waals surface area (Å²) >= 11 is 0. The fraction of sp³-hybridized carbons (Fsp3) is 1.00. The zero-order chi connectivity index (χ0) is 10.1. The molecule has 0 spiro atoms. The van der Waals surface area contributed by atoms with Crippen LogP contribution in [0.3, 0.4) is 0 Å². The molecule has 1 N–H and O–H groups in total. The molecular weight excluding hydrogens is 176 g/mol. The van der Waals surface area contributed by atoms with Gasteiger partial charge in [-0.25, -0.2) is 0 Å². The Morgan fingerprint density at radius 3 is 2.86 bits per heavy atom. The number of nitrogens with zero attached hydrogens (tertiary/aromatic N) is 1. The molecule has 0 amide bonds. The molecule has 3 heteroatoms. The van der Waals surface area contributed by atoms with E-state index in [9.17, 15) is 0 Å². The topological polar surface area (TPSA) is 24.5 Å². The maximum Gasteiger partial charge on any atom is 0.0637 e. The maximum atomic E-state index is 5.57. The van der Waals surface area contributed by atoms with E-state index >= 15 is 0 Å². The summed E-state index contributed by atoms with van der Waals surface area (Å²) in [5.41, 5.74) is 0. The van der Waals surface area contributed by atoms with Gasteiger partial charge in [-0.1, -0.05) is 6.92 Å². The van der Waals surface area contributed by atoms with Crippen molar-refractivity contribution in [2.75, 3.05) is 26.3 Å². The first kappa shape index (κ1) is 10.4. The Bertz CT molecular complexity index is 198. The molecule has 14 heavy (non-hydrogen) atoms. The number of ether oxygens (including phenoxy) is 1. The monoisotopic (exact) mass is 198 g/mol. The van der Waals surface area contributed by atoms with Gasteiger partial charge in [0.05, 0.1) is 13.2 Å². The van der Waals surface area contributed by atoms with Crippen molar-refractivity contribution in [2.45, 2.75) is 38.9 Å². The van der Waals surface area contributed by atoms with E-state index in [0.29, 0.717) is 18.1 Å².